The highest BCUT2D eigenvalue weighted by molar-refractivity contribution is 9.10. The van der Waals surface area contributed by atoms with E-state index in [-0.39, 0.29) is 9.63 Å². The van der Waals surface area contributed by atoms with E-state index in [0.29, 0.717) is 0 Å². The summed E-state index contributed by atoms with van der Waals surface area (Å²) in [6, 6.07) is 0. The largest absolute Gasteiger partial charge is 0.317 e. The molecule has 0 spiro atoms. The van der Waals surface area contributed by atoms with Gasteiger partial charge in [-0.2, -0.15) is 0 Å². The highest BCUT2D eigenvalue weighted by atomic mass is 79.9. The van der Waals surface area contributed by atoms with Crippen LogP contribution in [0.2, 0.25) is 0 Å². The fourth-order valence-electron chi connectivity index (χ4n) is 2.06. The van der Waals surface area contributed by atoms with Gasteiger partial charge in [-0.25, -0.2) is 17.8 Å². The molecule has 2 heterocycles. The van der Waals surface area contributed by atoms with Gasteiger partial charge in [-0.05, 0) is 48.8 Å². The zero-order valence-corrected chi connectivity index (χ0v) is 12.7. The molecule has 0 bridgehead atoms. The number of hydrogen-bond donors (Lipinski definition) is 2. The molecule has 1 aliphatic heterocycles. The van der Waals surface area contributed by atoms with Crippen LogP contribution in [-0.4, -0.2) is 42.0 Å². The molecule has 1 aliphatic rings. The summed E-state index contributed by atoms with van der Waals surface area (Å²) < 4.78 is 28.9. The average Bonchev–Trinajstić information content (AvgIpc) is 2.58. The summed E-state index contributed by atoms with van der Waals surface area (Å²) in [7, 11) is -2.07. The van der Waals surface area contributed by atoms with Crippen LogP contribution in [0.4, 0.5) is 0 Å². The number of hydrogen-bond acceptors (Lipinski definition) is 5. The van der Waals surface area contributed by atoms with Gasteiger partial charge in [-0.15, -0.1) is 5.10 Å². The Labute approximate surface area is 115 Å². The van der Waals surface area contributed by atoms with Crippen LogP contribution in [0, 0.1) is 0 Å². The molecule has 7 nitrogen and oxygen atoms in total. The van der Waals surface area contributed by atoms with Gasteiger partial charge in [0.1, 0.15) is 0 Å². The zero-order valence-electron chi connectivity index (χ0n) is 10.3. The van der Waals surface area contributed by atoms with E-state index >= 15 is 0 Å². The van der Waals surface area contributed by atoms with Crippen molar-refractivity contribution in [2.45, 2.75) is 30.3 Å². The Morgan fingerprint density at radius 3 is 2.56 bits per heavy atom. The van der Waals surface area contributed by atoms with Crippen LogP contribution in [0.5, 0.6) is 0 Å². The first-order valence-electron chi connectivity index (χ1n) is 5.64. The van der Waals surface area contributed by atoms with Crippen molar-refractivity contribution in [3.8, 4) is 0 Å². The van der Waals surface area contributed by atoms with Crippen LogP contribution in [-0.2, 0) is 17.1 Å². The maximum absolute atomic E-state index is 12.3. The fourth-order valence-corrected chi connectivity index (χ4v) is 4.62. The van der Waals surface area contributed by atoms with E-state index in [1.54, 1.807) is 7.05 Å². The van der Waals surface area contributed by atoms with E-state index in [4.69, 9.17) is 0 Å². The van der Waals surface area contributed by atoms with Crippen molar-refractivity contribution in [2.24, 2.45) is 7.05 Å². The Balaban J connectivity index is 2.27. The third-order valence-electron chi connectivity index (χ3n) is 3.08. The van der Waals surface area contributed by atoms with Gasteiger partial charge in [0.25, 0.3) is 10.0 Å². The zero-order chi connectivity index (χ0) is 13.4. The average molecular weight is 338 g/mol. The predicted molar refractivity (Wildman–Crippen MR) is 69.5 cm³/mol. The monoisotopic (exact) mass is 337 g/mol. The number of halogens is 1. The Morgan fingerprint density at radius 2 is 2.06 bits per heavy atom. The number of piperidine rings is 1. The van der Waals surface area contributed by atoms with Crippen LogP contribution in [0.15, 0.2) is 9.63 Å². The smallest absolute Gasteiger partial charge is 0.261 e. The Bertz CT molecular complexity index is 516. The number of rotatable bonds is 3. The number of aromatic nitrogens is 3. The second-order valence-corrected chi connectivity index (χ2v) is 7.07. The molecule has 0 atom stereocenters. The topological polar surface area (TPSA) is 88.9 Å². The van der Waals surface area contributed by atoms with Gasteiger partial charge in [-0.1, -0.05) is 5.21 Å². The van der Waals surface area contributed by atoms with Gasteiger partial charge in [0.2, 0.25) is 5.03 Å². The first kappa shape index (κ1) is 13.9. The van der Waals surface area contributed by atoms with Crippen LogP contribution in [0.3, 0.4) is 0 Å². The van der Waals surface area contributed by atoms with Gasteiger partial charge in [0.05, 0.1) is 0 Å². The van der Waals surface area contributed by atoms with Crippen LogP contribution in [0.25, 0.3) is 0 Å². The first-order valence-corrected chi connectivity index (χ1v) is 7.92. The Hall–Kier alpha value is -0.510. The molecule has 0 saturated carbocycles. The van der Waals surface area contributed by atoms with Gasteiger partial charge in [0, 0.05) is 12.6 Å². The molecule has 1 fully saturated rings. The van der Waals surface area contributed by atoms with E-state index in [9.17, 15) is 8.42 Å². The summed E-state index contributed by atoms with van der Waals surface area (Å²) in [4.78, 5) is 0. The van der Waals surface area contributed by atoms with Gasteiger partial charge >= 0.3 is 0 Å². The lowest BCUT2D eigenvalue weighted by Gasteiger charge is -2.34. The van der Waals surface area contributed by atoms with Crippen LogP contribution in [0.1, 0.15) is 19.8 Å². The summed E-state index contributed by atoms with van der Waals surface area (Å²) in [5.41, 5.74) is -0.423. The van der Waals surface area contributed by atoms with Crippen molar-refractivity contribution in [1.82, 2.24) is 25.0 Å². The third kappa shape index (κ3) is 2.73. The molecule has 0 radical (unpaired) electrons. The maximum atomic E-state index is 12.3. The van der Waals surface area contributed by atoms with Gasteiger partial charge in [-0.3, -0.25) is 0 Å². The standard InChI is InChI=1S/C9H16BrN5O2S/c1-9(3-5-11-6-4-9)13-18(16,17)8-7(10)12-14-15(8)2/h11,13H,3-6H2,1-2H3. The lowest BCUT2D eigenvalue weighted by molar-refractivity contribution is 0.307. The maximum Gasteiger partial charge on any atom is 0.261 e. The lowest BCUT2D eigenvalue weighted by atomic mass is 9.92. The molecule has 18 heavy (non-hydrogen) atoms. The molecule has 102 valence electrons. The second kappa shape index (κ2) is 4.87. The van der Waals surface area contributed by atoms with Crippen molar-refractivity contribution in [1.29, 1.82) is 0 Å². The second-order valence-electron chi connectivity index (χ2n) is 4.73. The quantitative estimate of drug-likeness (QED) is 0.810. The van der Waals surface area contributed by atoms with Crippen molar-refractivity contribution in [3.63, 3.8) is 0 Å². The predicted octanol–water partition coefficient (Wildman–Crippen LogP) is -0.00200. The van der Waals surface area contributed by atoms with E-state index < -0.39 is 15.6 Å². The lowest BCUT2D eigenvalue weighted by Crippen LogP contribution is -2.52. The highest BCUT2D eigenvalue weighted by Gasteiger charge is 2.34. The molecule has 2 rings (SSSR count). The van der Waals surface area contributed by atoms with E-state index in [1.807, 2.05) is 6.92 Å². The summed E-state index contributed by atoms with van der Waals surface area (Å²) in [5.74, 6) is 0. The van der Waals surface area contributed by atoms with Gasteiger partial charge < -0.3 is 5.32 Å². The third-order valence-corrected chi connectivity index (χ3v) is 5.60. The fraction of sp³-hybridized carbons (Fsp3) is 0.778. The molecule has 1 saturated heterocycles. The van der Waals surface area contributed by atoms with E-state index in [0.717, 1.165) is 25.9 Å². The van der Waals surface area contributed by atoms with Gasteiger partial charge in [0.15, 0.2) is 4.60 Å². The number of nitrogens with one attached hydrogen (secondary N) is 2. The minimum atomic E-state index is -3.62. The Kier molecular flexibility index (Phi) is 3.77. The normalized spacial score (nSPS) is 19.9. The summed E-state index contributed by atoms with van der Waals surface area (Å²) in [6.45, 7) is 3.54. The summed E-state index contributed by atoms with van der Waals surface area (Å²) in [5, 5.41) is 10.6. The van der Waals surface area contributed by atoms with E-state index in [1.165, 1.54) is 4.68 Å². The molecule has 9 heteroatoms. The number of aryl methyl sites for hydroxylation is 1. The number of sulfonamides is 1. The minimum absolute atomic E-state index is 0.0576. The van der Waals surface area contributed by atoms with Crippen LogP contribution < -0.4 is 10.0 Å². The molecule has 0 aliphatic carbocycles. The molecular weight excluding hydrogens is 322 g/mol. The molecule has 0 aromatic carbocycles. The molecule has 0 amide bonds. The van der Waals surface area contributed by atoms with Crippen molar-refractivity contribution >= 4 is 26.0 Å². The molecule has 2 N–H and O–H groups in total. The minimum Gasteiger partial charge on any atom is -0.317 e. The molecule has 0 unspecified atom stereocenters. The van der Waals surface area contributed by atoms with E-state index in [2.05, 4.69) is 36.3 Å². The highest BCUT2D eigenvalue weighted by Crippen LogP contribution is 2.23. The van der Waals surface area contributed by atoms with Crippen molar-refractivity contribution < 1.29 is 8.42 Å². The number of nitrogens with zero attached hydrogens (tertiary/aromatic N) is 3. The van der Waals surface area contributed by atoms with Crippen molar-refractivity contribution in [3.05, 3.63) is 4.60 Å². The first-order chi connectivity index (χ1) is 8.34. The van der Waals surface area contributed by atoms with Crippen LogP contribution >= 0.6 is 15.9 Å². The summed E-state index contributed by atoms with van der Waals surface area (Å²) >= 11 is 3.11. The molecular formula is C9H16BrN5O2S. The Morgan fingerprint density at radius 1 is 1.44 bits per heavy atom. The molecule has 1 aromatic rings. The van der Waals surface area contributed by atoms with Crippen molar-refractivity contribution in [2.75, 3.05) is 13.1 Å². The molecule has 1 aromatic heterocycles. The SMILES string of the molecule is Cn1nnc(Br)c1S(=O)(=O)NC1(C)CCNCC1. The summed E-state index contributed by atoms with van der Waals surface area (Å²) in [6.07, 6.45) is 1.52.